The number of carboxylic acids is 2. The van der Waals surface area contributed by atoms with Crippen LogP contribution in [0, 0.1) is 7.14 Å². The first-order valence-electron chi connectivity index (χ1n) is 27.0. The highest BCUT2D eigenvalue weighted by Gasteiger charge is 2.54. The fourth-order valence-electron chi connectivity index (χ4n) is 9.95. The van der Waals surface area contributed by atoms with Gasteiger partial charge in [0, 0.05) is 35.0 Å². The van der Waals surface area contributed by atoms with Gasteiger partial charge in [-0.05, 0) is 179 Å². The van der Waals surface area contributed by atoms with Gasteiger partial charge in [0.2, 0.25) is 0 Å². The standard InChI is InChI=1S/C24H21N3O7.C22H17N3O7.C9H9IO3.C7H5IO3/c1-3-33-21(29)13-5-7-18-15(8-13)9-19(34-18)24(22(30)25-23(31)26-24)12-27-11-14-4-6-16(32-2)10-17(14)20(27)28;1-31-14-4-2-12-9-25(18(26)15(12)8-14)10-22(20(29)23-21(30)24-22)17-7-13-6-11(19(27)28)3-5-16(13)32-17;1-2-13-9(12)6-3-4-7(10)8(11)5-6;8-5-2-1-4(7(10)11)3-6(5)9/h4-10H,3,11-12H2,1-2H3,(H2,25,26,30,31);2-8H,9-10H2,1H3,(H,27,28)(H2,23,24,29,30);3-5,11H,2H2,1H3;1-3,9H,(H,10,11)/t24-;22-;;/m00../s1. The summed E-state index contributed by atoms with van der Waals surface area (Å²) in [6.07, 6.45) is 0. The van der Waals surface area contributed by atoms with Crippen LogP contribution in [0.1, 0.15) is 98.6 Å². The summed E-state index contributed by atoms with van der Waals surface area (Å²) in [5.74, 6) is -3.49. The Balaban J connectivity index is 0.000000158. The van der Waals surface area contributed by atoms with Crippen molar-refractivity contribution >= 4 is 127 Å². The Morgan fingerprint density at radius 2 is 0.900 bits per heavy atom. The van der Waals surface area contributed by atoms with E-state index in [0.29, 0.717) is 69.4 Å². The maximum Gasteiger partial charge on any atom is 0.338 e. The van der Waals surface area contributed by atoms with E-state index >= 15 is 0 Å². The lowest BCUT2D eigenvalue weighted by Gasteiger charge is -2.29. The second kappa shape index (κ2) is 26.6. The molecular formula is C62H52I2N6O20. The number of fused-ring (bicyclic) bond motifs is 4. The van der Waals surface area contributed by atoms with Gasteiger partial charge in [-0.3, -0.25) is 29.8 Å². The molecule has 0 bridgehead atoms. The number of carbonyl (C=O) groups is 10. The highest BCUT2D eigenvalue weighted by Crippen LogP contribution is 2.38. The van der Waals surface area contributed by atoms with Crippen molar-refractivity contribution in [1.82, 2.24) is 31.1 Å². The van der Waals surface area contributed by atoms with Crippen LogP contribution in [0.2, 0.25) is 0 Å². The number of nitrogens with one attached hydrogen (secondary N) is 4. The first-order chi connectivity index (χ1) is 42.9. The van der Waals surface area contributed by atoms with Crippen molar-refractivity contribution in [2.75, 3.05) is 40.5 Å². The summed E-state index contributed by atoms with van der Waals surface area (Å²) in [5.41, 5.74) is 0.804. The van der Waals surface area contributed by atoms with Crippen LogP contribution in [0.4, 0.5) is 9.59 Å². The van der Waals surface area contributed by atoms with E-state index in [9.17, 15) is 58.2 Å². The number of aromatic carboxylic acids is 2. The molecule has 4 aliphatic heterocycles. The monoisotopic (exact) mass is 1450 g/mol. The minimum atomic E-state index is -1.67. The quantitative estimate of drug-likeness (QED) is 0.0290. The van der Waals surface area contributed by atoms with E-state index in [-0.39, 0.29) is 78.7 Å². The van der Waals surface area contributed by atoms with Gasteiger partial charge >= 0.3 is 35.9 Å². The lowest BCUT2D eigenvalue weighted by Crippen LogP contribution is -2.52. The second-order valence-corrected chi connectivity index (χ2v) is 22.4. The smallest absolute Gasteiger partial charge is 0.338 e. The third kappa shape index (κ3) is 13.3. The van der Waals surface area contributed by atoms with Crippen LogP contribution in [0.3, 0.4) is 0 Å². The molecule has 8 amide bonds. The number of nitrogens with zero attached hydrogens (tertiary/aromatic N) is 2. The van der Waals surface area contributed by atoms with Gasteiger partial charge in [0.05, 0.1) is 69.9 Å². The van der Waals surface area contributed by atoms with Gasteiger partial charge in [-0.15, -0.1) is 0 Å². The molecule has 28 heteroatoms. The van der Waals surface area contributed by atoms with Crippen molar-refractivity contribution in [2.45, 2.75) is 38.0 Å². The highest BCUT2D eigenvalue weighted by atomic mass is 127. The van der Waals surface area contributed by atoms with E-state index in [1.54, 1.807) is 92.7 Å². The zero-order valence-corrected chi connectivity index (χ0v) is 52.1. The van der Waals surface area contributed by atoms with Gasteiger partial charge in [0.25, 0.3) is 23.6 Å². The summed E-state index contributed by atoms with van der Waals surface area (Å²) in [6, 6.07) is 30.0. The number of carboxylic acid groups (broad SMARTS) is 2. The second-order valence-electron chi connectivity index (χ2n) is 20.1. The number of phenols is 2. The molecule has 2 fully saturated rings. The van der Waals surface area contributed by atoms with Crippen molar-refractivity contribution in [3.8, 4) is 23.0 Å². The predicted octanol–water partition coefficient (Wildman–Crippen LogP) is 8.01. The molecule has 90 heavy (non-hydrogen) atoms. The molecule has 464 valence electrons. The SMILES string of the molecule is CCOC(=O)c1ccc(I)c(O)c1.CCOC(=O)c1ccc2oc([C@]3(CN4Cc5ccc(OC)cc5C4=O)NC(=O)NC3=O)cc2c1.COc1ccc2c(c1)C(=O)N(C[C@@]1(c3cc4cc(C(=O)O)ccc4o3)NC(=O)NC1=O)C2.O=C(O)c1ccc(I)c(O)c1. The molecule has 2 saturated heterocycles. The molecule has 8 N–H and O–H groups in total. The van der Waals surface area contributed by atoms with E-state index < -0.39 is 58.8 Å². The number of halogens is 2. The molecule has 2 atom stereocenters. The van der Waals surface area contributed by atoms with E-state index in [1.807, 2.05) is 45.2 Å². The number of methoxy groups -OCH3 is 2. The van der Waals surface area contributed by atoms with Gasteiger partial charge in [0.15, 0.2) is 11.1 Å². The van der Waals surface area contributed by atoms with Crippen molar-refractivity contribution in [3.63, 3.8) is 0 Å². The molecule has 0 spiro atoms. The minimum Gasteiger partial charge on any atom is -0.507 e. The minimum absolute atomic E-state index is 0.00509. The number of amides is 8. The lowest BCUT2D eigenvalue weighted by atomic mass is 9.95. The number of benzene rings is 6. The summed E-state index contributed by atoms with van der Waals surface area (Å²) in [7, 11) is 3.02. The summed E-state index contributed by atoms with van der Waals surface area (Å²) < 4.78 is 33.4. The maximum absolute atomic E-state index is 13.1. The topological polar surface area (TPSA) is 369 Å². The molecule has 0 aliphatic carbocycles. The van der Waals surface area contributed by atoms with Crippen LogP contribution >= 0.6 is 45.2 Å². The van der Waals surface area contributed by atoms with E-state index in [1.165, 1.54) is 66.5 Å². The average molecular weight is 1450 g/mol. The lowest BCUT2D eigenvalue weighted by molar-refractivity contribution is -0.126. The molecule has 26 nitrogen and oxygen atoms in total. The van der Waals surface area contributed by atoms with Gasteiger partial charge < -0.3 is 68.6 Å². The number of aromatic hydroxyl groups is 2. The number of hydrogen-bond donors (Lipinski definition) is 8. The van der Waals surface area contributed by atoms with Crippen LogP contribution in [-0.2, 0) is 43.2 Å². The number of urea groups is 2. The maximum atomic E-state index is 13.1. The number of phenolic OH excluding ortho intramolecular Hbond substituents is 2. The van der Waals surface area contributed by atoms with Gasteiger partial charge in [-0.25, -0.2) is 28.8 Å². The number of furan rings is 2. The summed E-state index contributed by atoms with van der Waals surface area (Å²) >= 11 is 3.91. The first kappa shape index (κ1) is 64.2. The van der Waals surface area contributed by atoms with Crippen LogP contribution in [0.5, 0.6) is 23.0 Å². The van der Waals surface area contributed by atoms with Crippen molar-refractivity contribution in [2.24, 2.45) is 0 Å². The van der Waals surface area contributed by atoms with Crippen LogP contribution in [-0.4, -0.2) is 130 Å². The molecule has 6 heterocycles. The molecule has 12 rings (SSSR count). The molecule has 0 saturated carbocycles. The van der Waals surface area contributed by atoms with Gasteiger partial charge in [-0.1, -0.05) is 12.1 Å². The summed E-state index contributed by atoms with van der Waals surface area (Å²) in [5, 5.41) is 46.8. The molecule has 2 aromatic heterocycles. The van der Waals surface area contributed by atoms with E-state index in [2.05, 4.69) is 21.3 Å². The Kier molecular flexibility index (Phi) is 19.0. The van der Waals surface area contributed by atoms with E-state index in [0.717, 1.165) is 11.1 Å². The number of rotatable bonds is 14. The summed E-state index contributed by atoms with van der Waals surface area (Å²) in [6.45, 7) is 4.21. The summed E-state index contributed by atoms with van der Waals surface area (Å²) in [4.78, 5) is 124. The Bertz CT molecular complexity index is 4280. The Labute approximate surface area is 536 Å². The van der Waals surface area contributed by atoms with E-state index in [4.69, 9.17) is 38.0 Å². The number of ether oxygens (including phenoxy) is 4. The predicted molar refractivity (Wildman–Crippen MR) is 332 cm³/mol. The zero-order valence-electron chi connectivity index (χ0n) is 47.8. The third-order valence-electron chi connectivity index (χ3n) is 14.4. The van der Waals surface area contributed by atoms with Crippen molar-refractivity contribution in [3.05, 3.63) is 184 Å². The van der Waals surface area contributed by atoms with Gasteiger partial charge in [-0.2, -0.15) is 0 Å². The highest BCUT2D eigenvalue weighted by molar-refractivity contribution is 14.1. The molecule has 6 aromatic carbocycles. The molecular weight excluding hydrogens is 1400 g/mol. The molecule has 0 radical (unpaired) electrons. The first-order valence-corrected chi connectivity index (χ1v) is 29.1. The fourth-order valence-corrected chi connectivity index (χ4v) is 10.6. The Morgan fingerprint density at radius 1 is 0.522 bits per heavy atom. The normalized spacial score (nSPS) is 16.9. The number of esters is 2. The molecule has 8 aromatic rings. The molecule has 0 unspecified atom stereocenters. The number of hydrogen-bond acceptors (Lipinski definition) is 18. The van der Waals surface area contributed by atoms with Crippen LogP contribution in [0.15, 0.2) is 130 Å². The Morgan fingerprint density at radius 3 is 1.29 bits per heavy atom. The van der Waals surface area contributed by atoms with Crippen molar-refractivity contribution in [1.29, 1.82) is 0 Å². The third-order valence-corrected chi connectivity index (χ3v) is 16.2. The van der Waals surface area contributed by atoms with Crippen LogP contribution < -0.4 is 30.7 Å². The molecule has 4 aliphatic rings. The average Bonchev–Trinajstić information content (AvgIpc) is 1.60. The number of carbonyl (C=O) groups excluding carboxylic acids is 8. The van der Waals surface area contributed by atoms with Gasteiger partial charge in [0.1, 0.15) is 45.7 Å². The Hall–Kier alpha value is -10.2. The zero-order chi connectivity index (χ0) is 64.9. The fraction of sp³-hybridized carbons (Fsp3) is 0.194. The number of imide groups is 2. The largest absolute Gasteiger partial charge is 0.507 e. The van der Waals surface area contributed by atoms with Crippen molar-refractivity contribution < 1.29 is 96.2 Å². The van der Waals surface area contributed by atoms with Crippen LogP contribution in [0.25, 0.3) is 21.9 Å².